The minimum absolute atomic E-state index is 0.253. The fraction of sp³-hybridized carbons (Fsp3) is 0.0714. The number of hydrogen-bond acceptors (Lipinski definition) is 3. The van der Waals surface area contributed by atoms with Gasteiger partial charge in [0.25, 0.3) is 0 Å². The van der Waals surface area contributed by atoms with Gasteiger partial charge in [-0.15, -0.1) is 0 Å². The number of carbonyl (C=O) groups is 1. The van der Waals surface area contributed by atoms with E-state index in [-0.39, 0.29) is 11.4 Å². The van der Waals surface area contributed by atoms with Gasteiger partial charge in [-0.1, -0.05) is 41.6 Å². The van der Waals surface area contributed by atoms with Gasteiger partial charge in [-0.2, -0.15) is 0 Å². The Kier molecular flexibility index (Phi) is 3.02. The first-order valence-electron chi connectivity index (χ1n) is 5.46. The summed E-state index contributed by atoms with van der Waals surface area (Å²) in [6.07, 6.45) is 0. The molecule has 0 amide bonds. The number of halogens is 1. The molecule has 2 aromatic carbocycles. The fourth-order valence-electron chi connectivity index (χ4n) is 1.84. The topological polar surface area (TPSA) is 26.3 Å². The summed E-state index contributed by atoms with van der Waals surface area (Å²) in [5.74, 6) is -0.253. The van der Waals surface area contributed by atoms with Crippen molar-refractivity contribution in [1.82, 2.24) is 0 Å². The molecule has 0 saturated heterocycles. The van der Waals surface area contributed by atoms with Gasteiger partial charge >= 0.3 is 5.97 Å². The van der Waals surface area contributed by atoms with Crippen LogP contribution in [0.15, 0.2) is 53.4 Å². The number of thioether (sulfide) groups is 1. The molecule has 0 N–H and O–H groups in total. The van der Waals surface area contributed by atoms with Crippen LogP contribution in [0.25, 0.3) is 0 Å². The highest BCUT2D eigenvalue weighted by Crippen LogP contribution is 2.42. The van der Waals surface area contributed by atoms with Crippen LogP contribution in [0.5, 0.6) is 0 Å². The molecule has 3 rings (SSSR count). The minimum atomic E-state index is -0.269. The van der Waals surface area contributed by atoms with Crippen LogP contribution in [0.4, 0.5) is 0 Å². The standard InChI is InChI=1S/C14H9ClO2S/c15-9-5-7-10(8-6-9)18-14-12-4-2-1-3-11(12)13(16)17-14/h1-8,14H. The van der Waals surface area contributed by atoms with E-state index in [2.05, 4.69) is 0 Å². The van der Waals surface area contributed by atoms with Gasteiger partial charge in [0.2, 0.25) is 0 Å². The maximum atomic E-state index is 11.7. The summed E-state index contributed by atoms with van der Waals surface area (Å²) < 4.78 is 5.36. The number of ether oxygens (including phenoxy) is 1. The Morgan fingerprint density at radius 2 is 1.78 bits per heavy atom. The molecule has 1 unspecified atom stereocenters. The number of cyclic esters (lactones) is 1. The summed E-state index contributed by atoms with van der Waals surface area (Å²) in [6.45, 7) is 0. The van der Waals surface area contributed by atoms with E-state index in [1.807, 2.05) is 42.5 Å². The van der Waals surface area contributed by atoms with Crippen molar-refractivity contribution in [2.24, 2.45) is 0 Å². The Bertz CT molecular complexity index is 595. The number of hydrogen-bond donors (Lipinski definition) is 0. The molecular formula is C14H9ClO2S. The molecule has 1 aliphatic rings. The second kappa shape index (κ2) is 4.67. The molecule has 2 nitrogen and oxygen atoms in total. The van der Waals surface area contributed by atoms with Crippen LogP contribution in [-0.4, -0.2) is 5.97 Å². The van der Waals surface area contributed by atoms with Gasteiger partial charge in [0.1, 0.15) is 0 Å². The second-order valence-corrected chi connectivity index (χ2v) is 5.47. The van der Waals surface area contributed by atoms with E-state index in [1.54, 1.807) is 6.07 Å². The molecule has 0 aliphatic carbocycles. The van der Waals surface area contributed by atoms with Crippen molar-refractivity contribution in [3.63, 3.8) is 0 Å². The molecular weight excluding hydrogens is 268 g/mol. The highest BCUT2D eigenvalue weighted by molar-refractivity contribution is 7.99. The lowest BCUT2D eigenvalue weighted by molar-refractivity contribution is 0.0522. The number of esters is 1. The summed E-state index contributed by atoms with van der Waals surface area (Å²) in [5.41, 5.74) is 1.32. The first-order chi connectivity index (χ1) is 8.74. The van der Waals surface area contributed by atoms with Crippen molar-refractivity contribution in [2.45, 2.75) is 10.3 Å². The van der Waals surface area contributed by atoms with Crippen molar-refractivity contribution in [2.75, 3.05) is 0 Å². The van der Waals surface area contributed by atoms with Crippen LogP contribution in [0.3, 0.4) is 0 Å². The van der Waals surface area contributed by atoms with Crippen LogP contribution in [-0.2, 0) is 4.74 Å². The van der Waals surface area contributed by atoms with E-state index in [9.17, 15) is 4.79 Å². The molecule has 1 aliphatic heterocycles. The second-order valence-electron chi connectivity index (χ2n) is 3.90. The summed E-state index contributed by atoms with van der Waals surface area (Å²) in [5, 5.41) is 0.697. The Morgan fingerprint density at radius 3 is 2.56 bits per heavy atom. The highest BCUT2D eigenvalue weighted by atomic mass is 35.5. The minimum Gasteiger partial charge on any atom is -0.442 e. The number of fused-ring (bicyclic) bond motifs is 1. The predicted octanol–water partition coefficient (Wildman–Crippen LogP) is 4.30. The first-order valence-corrected chi connectivity index (χ1v) is 6.72. The Balaban J connectivity index is 1.87. The zero-order valence-corrected chi connectivity index (χ0v) is 10.9. The molecule has 0 saturated carbocycles. The zero-order valence-electron chi connectivity index (χ0n) is 9.30. The smallest absolute Gasteiger partial charge is 0.340 e. The lowest BCUT2D eigenvalue weighted by atomic mass is 10.1. The van der Waals surface area contributed by atoms with Gasteiger partial charge in [0, 0.05) is 15.5 Å². The molecule has 2 aromatic rings. The Morgan fingerprint density at radius 1 is 1.06 bits per heavy atom. The van der Waals surface area contributed by atoms with Crippen molar-refractivity contribution < 1.29 is 9.53 Å². The van der Waals surface area contributed by atoms with E-state index in [1.165, 1.54) is 11.8 Å². The molecule has 0 fully saturated rings. The van der Waals surface area contributed by atoms with E-state index in [4.69, 9.17) is 16.3 Å². The van der Waals surface area contributed by atoms with Gasteiger partial charge in [0.05, 0.1) is 5.56 Å². The maximum Gasteiger partial charge on any atom is 0.340 e. The normalized spacial score (nSPS) is 17.4. The third-order valence-electron chi connectivity index (χ3n) is 2.71. The lowest BCUT2D eigenvalue weighted by Gasteiger charge is -2.10. The van der Waals surface area contributed by atoms with Crippen LogP contribution in [0.1, 0.15) is 21.4 Å². The monoisotopic (exact) mass is 276 g/mol. The predicted molar refractivity (Wildman–Crippen MR) is 71.9 cm³/mol. The number of benzene rings is 2. The molecule has 0 spiro atoms. The van der Waals surface area contributed by atoms with Crippen molar-refractivity contribution in [1.29, 1.82) is 0 Å². The highest BCUT2D eigenvalue weighted by Gasteiger charge is 2.31. The maximum absolute atomic E-state index is 11.7. The average Bonchev–Trinajstić information content (AvgIpc) is 2.70. The van der Waals surface area contributed by atoms with Crippen molar-refractivity contribution in [3.05, 3.63) is 64.7 Å². The SMILES string of the molecule is O=C1OC(Sc2ccc(Cl)cc2)c2ccccc21. The first kappa shape index (κ1) is 11.6. The molecule has 0 radical (unpaired) electrons. The molecule has 1 heterocycles. The third kappa shape index (κ3) is 2.11. The average molecular weight is 277 g/mol. The number of carbonyl (C=O) groups excluding carboxylic acids is 1. The van der Waals surface area contributed by atoms with Crippen molar-refractivity contribution >= 4 is 29.3 Å². The zero-order chi connectivity index (χ0) is 12.5. The van der Waals surface area contributed by atoms with Gasteiger partial charge in [-0.25, -0.2) is 4.79 Å². The van der Waals surface area contributed by atoms with Crippen LogP contribution < -0.4 is 0 Å². The molecule has 4 heteroatoms. The molecule has 90 valence electrons. The van der Waals surface area contributed by atoms with Gasteiger partial charge in [-0.05, 0) is 30.3 Å². The molecule has 0 bridgehead atoms. The van der Waals surface area contributed by atoms with Crippen LogP contribution in [0, 0.1) is 0 Å². The quantitative estimate of drug-likeness (QED) is 0.765. The molecule has 18 heavy (non-hydrogen) atoms. The molecule has 0 aromatic heterocycles. The van der Waals surface area contributed by atoms with Crippen LogP contribution >= 0.6 is 23.4 Å². The summed E-state index contributed by atoms with van der Waals surface area (Å²) in [7, 11) is 0. The van der Waals surface area contributed by atoms with Crippen molar-refractivity contribution in [3.8, 4) is 0 Å². The third-order valence-corrected chi connectivity index (χ3v) is 4.07. The van der Waals surface area contributed by atoms with E-state index in [0.717, 1.165) is 10.5 Å². The van der Waals surface area contributed by atoms with E-state index >= 15 is 0 Å². The van der Waals surface area contributed by atoms with E-state index in [0.29, 0.717) is 10.6 Å². The summed E-state index contributed by atoms with van der Waals surface area (Å²) in [4.78, 5) is 12.7. The van der Waals surface area contributed by atoms with Gasteiger partial charge in [-0.3, -0.25) is 0 Å². The molecule has 1 atom stereocenters. The fourth-order valence-corrected chi connectivity index (χ4v) is 2.97. The number of rotatable bonds is 2. The van der Waals surface area contributed by atoms with E-state index < -0.39 is 0 Å². The van der Waals surface area contributed by atoms with Gasteiger partial charge in [0.15, 0.2) is 5.44 Å². The lowest BCUT2D eigenvalue weighted by Crippen LogP contribution is -1.94. The van der Waals surface area contributed by atoms with Gasteiger partial charge < -0.3 is 4.74 Å². The Hall–Kier alpha value is -1.45. The largest absolute Gasteiger partial charge is 0.442 e. The Labute approximate surface area is 114 Å². The summed E-state index contributed by atoms with van der Waals surface area (Å²) >= 11 is 7.34. The summed E-state index contributed by atoms with van der Waals surface area (Å²) in [6, 6.07) is 15.0. The van der Waals surface area contributed by atoms with Crippen LogP contribution in [0.2, 0.25) is 5.02 Å².